The van der Waals surface area contributed by atoms with Gasteiger partial charge in [-0.3, -0.25) is 9.35 Å². The van der Waals surface area contributed by atoms with Crippen LogP contribution in [0.2, 0.25) is 0 Å². The summed E-state index contributed by atoms with van der Waals surface area (Å²) in [5.41, 5.74) is 3.02. The minimum absolute atomic E-state index is 0.0362. The maximum atomic E-state index is 12.5. The molecule has 4 aromatic carbocycles. The molecule has 0 saturated heterocycles. The predicted octanol–water partition coefficient (Wildman–Crippen LogP) is 5.66. The molecule has 0 radical (unpaired) electrons. The van der Waals surface area contributed by atoms with Gasteiger partial charge >= 0.3 is 5.97 Å². The number of para-hydroxylation sites is 1. The molecule has 0 heterocycles. The van der Waals surface area contributed by atoms with Gasteiger partial charge in [-0.05, 0) is 54.4 Å². The number of hydrogen-bond acceptors (Lipinski definition) is 5. The van der Waals surface area contributed by atoms with Crippen LogP contribution in [0.1, 0.15) is 12.0 Å². The van der Waals surface area contributed by atoms with Crippen LogP contribution >= 0.6 is 0 Å². The molecule has 8 nitrogen and oxygen atoms in total. The van der Waals surface area contributed by atoms with E-state index in [4.69, 9.17) is 14.6 Å². The Morgan fingerprint density at radius 3 is 2.11 bits per heavy atom. The van der Waals surface area contributed by atoms with Gasteiger partial charge in [-0.15, -0.1) is 0 Å². The first kappa shape index (κ1) is 27.0. The van der Waals surface area contributed by atoms with E-state index < -0.39 is 17.2 Å². The van der Waals surface area contributed by atoms with Crippen molar-refractivity contribution in [2.24, 2.45) is 0 Å². The molecule has 4 aromatic rings. The molecule has 2 N–H and O–H groups in total. The molecule has 0 aliphatic heterocycles. The summed E-state index contributed by atoms with van der Waals surface area (Å²) in [5, 5.41) is 10.8. The van der Waals surface area contributed by atoms with Gasteiger partial charge in [0.25, 0.3) is 11.3 Å². The highest BCUT2D eigenvalue weighted by Gasteiger charge is 2.19. The summed E-state index contributed by atoms with van der Waals surface area (Å²) in [6.07, 6.45) is 0.429. The third-order valence-corrected chi connectivity index (χ3v) is 6.71. The summed E-state index contributed by atoms with van der Waals surface area (Å²) >= 11 is -2.30. The first-order chi connectivity index (χ1) is 18.3. The number of nitrogens with zero attached hydrogens (tertiary/aromatic N) is 2. The van der Waals surface area contributed by atoms with Gasteiger partial charge in [0.2, 0.25) is 0 Å². The van der Waals surface area contributed by atoms with E-state index in [0.29, 0.717) is 29.3 Å². The van der Waals surface area contributed by atoms with Crippen molar-refractivity contribution in [3.8, 4) is 11.5 Å². The van der Waals surface area contributed by atoms with Crippen LogP contribution in [0.4, 0.5) is 17.1 Å². The minimum Gasteiger partial charge on any atom is -0.490 e. The average molecular weight is 535 g/mol. The lowest BCUT2D eigenvalue weighted by molar-refractivity contribution is -0.136. The molecular formula is C29H30N2O6S. The second-order valence-corrected chi connectivity index (χ2v) is 9.59. The topological polar surface area (TPSA) is 99.5 Å². The molecule has 198 valence electrons. The third kappa shape index (κ3) is 6.42. The van der Waals surface area contributed by atoms with Crippen molar-refractivity contribution in [2.75, 3.05) is 36.5 Å². The Kier molecular flexibility index (Phi) is 8.83. The third-order valence-electron chi connectivity index (χ3n) is 5.99. The summed E-state index contributed by atoms with van der Waals surface area (Å²) in [7, 11) is 3.93. The van der Waals surface area contributed by atoms with Crippen LogP contribution in [-0.2, 0) is 22.5 Å². The highest BCUT2D eigenvalue weighted by Crippen LogP contribution is 2.37. The molecule has 4 rings (SSSR count). The Bertz CT molecular complexity index is 1420. The Morgan fingerprint density at radius 2 is 1.45 bits per heavy atom. The second-order valence-electron chi connectivity index (χ2n) is 8.76. The maximum absolute atomic E-state index is 12.5. The molecular weight excluding hydrogens is 504 g/mol. The molecule has 0 aliphatic carbocycles. The van der Waals surface area contributed by atoms with Gasteiger partial charge in [-0.2, -0.15) is 0 Å². The van der Waals surface area contributed by atoms with E-state index in [2.05, 4.69) is 0 Å². The Labute approximate surface area is 224 Å². The molecule has 0 saturated carbocycles. The van der Waals surface area contributed by atoms with Gasteiger partial charge in [-0.25, -0.2) is 8.51 Å². The number of anilines is 3. The van der Waals surface area contributed by atoms with Crippen molar-refractivity contribution in [2.45, 2.75) is 12.8 Å². The number of carboxylic acids is 1. The van der Waals surface area contributed by atoms with Crippen LogP contribution in [0, 0.1) is 0 Å². The Morgan fingerprint density at radius 1 is 0.816 bits per heavy atom. The van der Waals surface area contributed by atoms with Gasteiger partial charge in [0.1, 0.15) is 24.7 Å². The molecule has 1 atom stereocenters. The number of fused-ring (bicyclic) bond motifs is 1. The van der Waals surface area contributed by atoms with Crippen molar-refractivity contribution in [3.63, 3.8) is 0 Å². The first-order valence-electron chi connectivity index (χ1n) is 12.1. The monoisotopic (exact) mass is 534 g/mol. The van der Waals surface area contributed by atoms with Crippen molar-refractivity contribution in [1.29, 1.82) is 0 Å². The van der Waals surface area contributed by atoms with Crippen LogP contribution < -0.4 is 18.7 Å². The fourth-order valence-corrected chi connectivity index (χ4v) is 4.87. The average Bonchev–Trinajstić information content (AvgIpc) is 2.91. The van der Waals surface area contributed by atoms with E-state index in [1.165, 1.54) is 4.31 Å². The Balaban J connectivity index is 1.44. The van der Waals surface area contributed by atoms with Gasteiger partial charge in [0.05, 0.1) is 11.4 Å². The molecule has 9 heteroatoms. The second kappa shape index (κ2) is 12.4. The van der Waals surface area contributed by atoms with Gasteiger partial charge in [-0.1, -0.05) is 42.5 Å². The summed E-state index contributed by atoms with van der Waals surface area (Å²) in [6, 6.07) is 25.9. The molecule has 1 unspecified atom stereocenters. The number of aliphatic carboxylic acids is 1. The van der Waals surface area contributed by atoms with E-state index in [9.17, 15) is 13.6 Å². The zero-order chi connectivity index (χ0) is 27.1. The van der Waals surface area contributed by atoms with Crippen molar-refractivity contribution >= 4 is 45.1 Å². The fraction of sp³-hybridized carbons (Fsp3) is 0.207. The number of aryl methyl sites for hydroxylation is 1. The van der Waals surface area contributed by atoms with E-state index in [1.54, 1.807) is 24.3 Å². The van der Waals surface area contributed by atoms with Gasteiger partial charge in [0.15, 0.2) is 0 Å². The molecule has 0 bridgehead atoms. The van der Waals surface area contributed by atoms with Gasteiger partial charge in [0, 0.05) is 37.0 Å². The molecule has 38 heavy (non-hydrogen) atoms. The van der Waals surface area contributed by atoms with E-state index >= 15 is 0 Å². The maximum Gasteiger partial charge on any atom is 0.303 e. The highest BCUT2D eigenvalue weighted by atomic mass is 32.2. The van der Waals surface area contributed by atoms with E-state index in [-0.39, 0.29) is 19.6 Å². The number of carbonyl (C=O) groups is 1. The predicted molar refractivity (Wildman–Crippen MR) is 151 cm³/mol. The van der Waals surface area contributed by atoms with Crippen molar-refractivity contribution < 1.29 is 28.1 Å². The Hall–Kier alpha value is -4.08. The van der Waals surface area contributed by atoms with Crippen LogP contribution in [-0.4, -0.2) is 47.1 Å². The molecule has 0 amide bonds. The number of rotatable bonds is 12. The summed E-state index contributed by atoms with van der Waals surface area (Å²) < 4.78 is 35.6. The summed E-state index contributed by atoms with van der Waals surface area (Å²) in [6.45, 7) is 0.557. The van der Waals surface area contributed by atoms with E-state index in [0.717, 1.165) is 22.0 Å². The van der Waals surface area contributed by atoms with Gasteiger partial charge < -0.3 is 19.5 Å². The number of ether oxygens (including phenoxy) is 2. The normalized spacial score (nSPS) is 11.7. The lowest BCUT2D eigenvalue weighted by Crippen LogP contribution is -2.19. The molecule has 0 fully saturated rings. The molecule has 0 aromatic heterocycles. The zero-order valence-electron chi connectivity index (χ0n) is 21.2. The standard InChI is InChI=1S/C29H30N2O6S/c1-30(2)26-10-5-9-25-24(26)8-6-11-27(25)31(38(34)35)22-14-16-23(17-15-22)36-19-20-37-28-12-4-3-7-21(28)13-18-29(32)33/h3-12,14-17H,13,18-20H2,1-2H3,(H,32,33)(H,34,35). The zero-order valence-corrected chi connectivity index (χ0v) is 22.1. The summed E-state index contributed by atoms with van der Waals surface area (Å²) in [4.78, 5) is 12.9. The van der Waals surface area contributed by atoms with Crippen LogP contribution in [0.25, 0.3) is 10.8 Å². The van der Waals surface area contributed by atoms with Crippen molar-refractivity contribution in [1.82, 2.24) is 0 Å². The quantitative estimate of drug-likeness (QED) is 0.179. The largest absolute Gasteiger partial charge is 0.490 e. The fourth-order valence-electron chi connectivity index (χ4n) is 4.24. The van der Waals surface area contributed by atoms with Crippen LogP contribution in [0.3, 0.4) is 0 Å². The van der Waals surface area contributed by atoms with Crippen LogP contribution in [0.5, 0.6) is 11.5 Å². The van der Waals surface area contributed by atoms with Crippen molar-refractivity contribution in [3.05, 3.63) is 90.5 Å². The molecule has 0 aliphatic rings. The molecule has 0 spiro atoms. The smallest absolute Gasteiger partial charge is 0.303 e. The lowest BCUT2D eigenvalue weighted by Gasteiger charge is -2.23. The van der Waals surface area contributed by atoms with Crippen LogP contribution in [0.15, 0.2) is 84.9 Å². The summed E-state index contributed by atoms with van der Waals surface area (Å²) in [5.74, 6) is 0.378. The number of hydrogen-bond donors (Lipinski definition) is 2. The number of carboxylic acid groups (broad SMARTS) is 1. The minimum atomic E-state index is -2.30. The first-order valence-corrected chi connectivity index (χ1v) is 13.2. The SMILES string of the molecule is CN(C)c1cccc2c(N(c3ccc(OCCOc4ccccc4CCC(=O)O)cc3)S(=O)O)cccc12. The lowest BCUT2D eigenvalue weighted by atomic mass is 10.1. The highest BCUT2D eigenvalue weighted by molar-refractivity contribution is 7.81. The van der Waals surface area contributed by atoms with E-state index in [1.807, 2.05) is 79.7 Å². The number of benzene rings is 4.